The predicted molar refractivity (Wildman–Crippen MR) is 149 cm³/mol. The fraction of sp³-hybridized carbons (Fsp3) is 0.194. The van der Waals surface area contributed by atoms with Crippen LogP contribution in [-0.2, 0) is 11.3 Å². The highest BCUT2D eigenvalue weighted by Gasteiger charge is 2.26. The van der Waals surface area contributed by atoms with E-state index in [2.05, 4.69) is 120 Å². The summed E-state index contributed by atoms with van der Waals surface area (Å²) in [6.07, 6.45) is 0.559. The van der Waals surface area contributed by atoms with E-state index >= 15 is 0 Å². The van der Waals surface area contributed by atoms with Gasteiger partial charge in [0.1, 0.15) is 5.78 Å². The molecule has 0 radical (unpaired) electrons. The molecule has 0 N–H and O–H groups in total. The normalized spacial score (nSPS) is 11.4. The van der Waals surface area contributed by atoms with Crippen molar-refractivity contribution in [1.29, 1.82) is 0 Å². The topological polar surface area (TPSA) is 32.7 Å². The Bertz CT molecular complexity index is 1140. The van der Waals surface area contributed by atoms with Crippen molar-refractivity contribution in [3.8, 4) is 0 Å². The van der Waals surface area contributed by atoms with Crippen LogP contribution in [0.4, 0.5) is 0 Å². The van der Waals surface area contributed by atoms with Gasteiger partial charge in [0.15, 0.2) is 0 Å². The maximum Gasteiger partial charge on any atom is 0.131 e. The third-order valence-corrected chi connectivity index (χ3v) is 9.91. The molecule has 0 unspecified atom stereocenters. The van der Waals surface area contributed by atoms with Crippen molar-refractivity contribution < 1.29 is 4.79 Å². The van der Waals surface area contributed by atoms with E-state index in [1.165, 1.54) is 21.5 Å². The minimum Gasteiger partial charge on any atom is -0.300 e. The van der Waals surface area contributed by atoms with Crippen LogP contribution >= 0.6 is 7.05 Å². The van der Waals surface area contributed by atoms with Crippen LogP contribution in [0.15, 0.2) is 126 Å². The van der Waals surface area contributed by atoms with Gasteiger partial charge in [0.25, 0.3) is 0 Å². The Kier molecular flexibility index (Phi) is 8.84. The van der Waals surface area contributed by atoms with E-state index < -0.39 is 7.05 Å². The molecule has 4 aromatic carbocycles. The third-order valence-electron chi connectivity index (χ3n) is 6.15. The summed E-state index contributed by atoms with van der Waals surface area (Å²) in [4.78, 5) is 14.1. The molecule has 35 heavy (non-hydrogen) atoms. The Morgan fingerprint density at radius 3 is 1.51 bits per heavy atom. The second-order valence-electron chi connectivity index (χ2n) is 8.72. The molecule has 0 aliphatic rings. The molecule has 178 valence electrons. The van der Waals surface area contributed by atoms with E-state index in [1.807, 2.05) is 6.07 Å². The Morgan fingerprint density at radius 1 is 0.657 bits per heavy atom. The molecule has 0 aliphatic heterocycles. The number of Topliss-reactive ketones (excluding diaryl/α,β-unsaturated/α-hetero) is 1. The summed E-state index contributed by atoms with van der Waals surface area (Å²) in [6.45, 7) is 4.72. The van der Waals surface area contributed by atoms with E-state index in [0.717, 1.165) is 19.6 Å². The zero-order valence-corrected chi connectivity index (χ0v) is 21.2. The fourth-order valence-corrected chi connectivity index (χ4v) is 7.97. The quantitative estimate of drug-likeness (QED) is 0.260. The number of ketones is 1. The molecule has 3 nitrogen and oxygen atoms in total. The number of carbonyl (C=O) groups excluding carboxylic acids is 1. The van der Waals surface area contributed by atoms with Gasteiger partial charge >= 0.3 is 0 Å². The first-order valence-electron chi connectivity index (χ1n) is 12.2. The van der Waals surface area contributed by atoms with Gasteiger partial charge in [0.2, 0.25) is 0 Å². The monoisotopic (exact) mass is 480 g/mol. The highest BCUT2D eigenvalue weighted by molar-refractivity contribution is 7.87. The van der Waals surface area contributed by atoms with Crippen LogP contribution < -0.4 is 15.9 Å². The molecule has 4 heteroatoms. The van der Waals surface area contributed by atoms with Gasteiger partial charge in [-0.05, 0) is 12.5 Å². The van der Waals surface area contributed by atoms with Gasteiger partial charge in [0, 0.05) is 42.0 Å². The standard InChI is InChI=1S/C31H33N2OP/c1-27(34)22-24-33(26-28-14-6-2-7-15-28)25-23-32-35(29-16-8-3-9-17-29,30-18-10-4-11-19-30)31-20-12-5-13-21-31/h2-21H,22-26H2,1H3. The van der Waals surface area contributed by atoms with Gasteiger partial charge in [-0.3, -0.25) is 14.4 Å². The Morgan fingerprint density at radius 2 is 1.09 bits per heavy atom. The van der Waals surface area contributed by atoms with Crippen LogP contribution in [0.25, 0.3) is 0 Å². The Labute approximate surface area is 209 Å². The van der Waals surface area contributed by atoms with E-state index in [9.17, 15) is 4.79 Å². The number of rotatable bonds is 11. The zero-order valence-electron chi connectivity index (χ0n) is 20.3. The Hall–Kier alpha value is -3.26. The van der Waals surface area contributed by atoms with E-state index in [4.69, 9.17) is 4.74 Å². The molecule has 0 amide bonds. The van der Waals surface area contributed by atoms with E-state index in [-0.39, 0.29) is 5.78 Å². The van der Waals surface area contributed by atoms with E-state index in [0.29, 0.717) is 13.0 Å². The predicted octanol–water partition coefficient (Wildman–Crippen LogP) is 5.65. The number of nitrogens with zero attached hydrogens (tertiary/aromatic N) is 2. The lowest BCUT2D eigenvalue weighted by atomic mass is 10.2. The smallest absolute Gasteiger partial charge is 0.131 e. The van der Waals surface area contributed by atoms with Crippen LogP contribution in [0.2, 0.25) is 0 Å². The third kappa shape index (κ3) is 6.45. The molecule has 0 saturated carbocycles. The van der Waals surface area contributed by atoms with Crippen molar-refractivity contribution in [2.75, 3.05) is 19.6 Å². The molecular weight excluding hydrogens is 447 g/mol. The summed E-state index contributed by atoms with van der Waals surface area (Å²) >= 11 is 0. The van der Waals surface area contributed by atoms with Crippen molar-refractivity contribution in [3.63, 3.8) is 0 Å². The maximum atomic E-state index is 11.7. The van der Waals surface area contributed by atoms with E-state index in [1.54, 1.807) is 6.92 Å². The molecule has 0 aliphatic carbocycles. The lowest BCUT2D eigenvalue weighted by Crippen LogP contribution is -2.30. The number of hydrogen-bond donors (Lipinski definition) is 0. The maximum absolute atomic E-state index is 11.7. The summed E-state index contributed by atoms with van der Waals surface area (Å²) < 4.78 is 5.56. The van der Waals surface area contributed by atoms with Gasteiger partial charge in [-0.15, -0.1) is 0 Å². The van der Waals surface area contributed by atoms with Crippen molar-refractivity contribution in [1.82, 2.24) is 4.90 Å². The molecule has 4 rings (SSSR count). The molecular formula is C31H33N2OP. The SMILES string of the molecule is CC(=O)CCN(CCN=P(c1ccccc1)(c1ccccc1)c1ccccc1)Cc1ccccc1. The average Bonchev–Trinajstić information content (AvgIpc) is 2.92. The summed E-state index contributed by atoms with van der Waals surface area (Å²) in [5, 5.41) is 3.78. The highest BCUT2D eigenvalue weighted by atomic mass is 31.2. The lowest BCUT2D eigenvalue weighted by molar-refractivity contribution is -0.117. The second kappa shape index (κ2) is 12.4. The number of benzene rings is 4. The summed E-state index contributed by atoms with van der Waals surface area (Å²) in [7, 11) is -2.20. The van der Waals surface area contributed by atoms with Crippen LogP contribution in [0.5, 0.6) is 0 Å². The first-order valence-corrected chi connectivity index (χ1v) is 13.9. The van der Waals surface area contributed by atoms with Crippen LogP contribution in [0.1, 0.15) is 18.9 Å². The molecule has 0 saturated heterocycles. The molecule has 0 spiro atoms. The van der Waals surface area contributed by atoms with Crippen LogP contribution in [0.3, 0.4) is 0 Å². The molecule has 4 aromatic rings. The lowest BCUT2D eigenvalue weighted by Gasteiger charge is -2.28. The first-order chi connectivity index (χ1) is 17.2. The van der Waals surface area contributed by atoms with Gasteiger partial charge in [-0.25, -0.2) is 0 Å². The number of carbonyl (C=O) groups is 1. The van der Waals surface area contributed by atoms with Crippen LogP contribution in [-0.4, -0.2) is 30.3 Å². The molecule has 0 fully saturated rings. The average molecular weight is 481 g/mol. The van der Waals surface area contributed by atoms with Crippen molar-refractivity contribution in [3.05, 3.63) is 127 Å². The van der Waals surface area contributed by atoms with Crippen molar-refractivity contribution in [2.45, 2.75) is 19.9 Å². The Balaban J connectivity index is 1.73. The van der Waals surface area contributed by atoms with Gasteiger partial charge < -0.3 is 0 Å². The first kappa shape index (κ1) is 24.9. The van der Waals surface area contributed by atoms with Crippen LogP contribution in [0, 0.1) is 0 Å². The molecule has 0 heterocycles. The summed E-state index contributed by atoms with van der Waals surface area (Å²) in [5.41, 5.74) is 1.26. The zero-order chi connectivity index (χ0) is 24.3. The number of hydrogen-bond acceptors (Lipinski definition) is 3. The second-order valence-corrected chi connectivity index (χ2v) is 11.8. The minimum atomic E-state index is -2.20. The largest absolute Gasteiger partial charge is 0.300 e. The van der Waals surface area contributed by atoms with Gasteiger partial charge in [-0.1, -0.05) is 121 Å². The van der Waals surface area contributed by atoms with Crippen molar-refractivity contribution in [2.24, 2.45) is 4.74 Å². The molecule has 0 aromatic heterocycles. The summed E-state index contributed by atoms with van der Waals surface area (Å²) in [5.74, 6) is 0.222. The highest BCUT2D eigenvalue weighted by Crippen LogP contribution is 2.46. The fourth-order valence-electron chi connectivity index (χ4n) is 4.39. The minimum absolute atomic E-state index is 0.222. The summed E-state index contributed by atoms with van der Waals surface area (Å²) in [6, 6.07) is 42.6. The molecule has 0 atom stereocenters. The van der Waals surface area contributed by atoms with Gasteiger partial charge in [0.05, 0.1) is 13.6 Å². The molecule has 0 bridgehead atoms. The van der Waals surface area contributed by atoms with Crippen molar-refractivity contribution >= 4 is 28.8 Å². The van der Waals surface area contributed by atoms with Gasteiger partial charge in [-0.2, -0.15) is 0 Å².